The van der Waals surface area contributed by atoms with Gasteiger partial charge in [-0.05, 0) is 58.7 Å². The van der Waals surface area contributed by atoms with Crippen molar-refractivity contribution < 1.29 is 28.7 Å². The first kappa shape index (κ1) is 47.7. The number of benzene rings is 6. The Hall–Kier alpha value is -7.79. The Morgan fingerprint density at radius 3 is 1.55 bits per heavy atom. The van der Waals surface area contributed by atoms with E-state index in [2.05, 4.69) is 26.6 Å². The average molecular weight is 884 g/mol. The van der Waals surface area contributed by atoms with Crippen LogP contribution in [0.5, 0.6) is 0 Å². The highest BCUT2D eigenvalue weighted by Gasteiger charge is 2.38. The van der Waals surface area contributed by atoms with Crippen LogP contribution in [0.3, 0.4) is 0 Å². The molecule has 0 saturated heterocycles. The Balaban J connectivity index is 1.25. The van der Waals surface area contributed by atoms with E-state index >= 15 is 0 Å². The van der Waals surface area contributed by atoms with E-state index in [4.69, 9.17) is 4.74 Å². The first-order chi connectivity index (χ1) is 32.1. The summed E-state index contributed by atoms with van der Waals surface area (Å²) in [6.07, 6.45) is 2.55. The number of alkyl carbamates (subject to hydrolysis) is 1. The van der Waals surface area contributed by atoms with Crippen LogP contribution < -0.4 is 26.6 Å². The zero-order valence-electron chi connectivity index (χ0n) is 37.3. The van der Waals surface area contributed by atoms with Gasteiger partial charge in [0.1, 0.15) is 24.2 Å². The highest BCUT2D eigenvalue weighted by Crippen LogP contribution is 2.37. The molecule has 0 aliphatic heterocycles. The second-order valence-electron chi connectivity index (χ2n) is 16.4. The highest BCUT2D eigenvalue weighted by atomic mass is 16.5. The van der Waals surface area contributed by atoms with Crippen molar-refractivity contribution in [2.75, 3.05) is 5.32 Å². The van der Waals surface area contributed by atoms with Gasteiger partial charge >= 0.3 is 6.09 Å². The molecule has 0 aromatic heterocycles. The van der Waals surface area contributed by atoms with Crippen LogP contribution in [0.1, 0.15) is 60.9 Å². The molecule has 0 radical (unpaired) electrons. The summed E-state index contributed by atoms with van der Waals surface area (Å²) in [6.45, 7) is 3.87. The molecule has 338 valence electrons. The maximum absolute atomic E-state index is 14.5. The van der Waals surface area contributed by atoms with Gasteiger partial charge in [0.2, 0.25) is 23.6 Å². The fourth-order valence-corrected chi connectivity index (χ4v) is 7.69. The largest absolute Gasteiger partial charge is 0.445 e. The summed E-state index contributed by atoms with van der Waals surface area (Å²) in [7, 11) is 0. The Labute approximate surface area is 387 Å². The van der Waals surface area contributed by atoms with Crippen molar-refractivity contribution in [2.24, 2.45) is 5.92 Å². The number of anilines is 1. The predicted molar refractivity (Wildman–Crippen MR) is 258 cm³/mol. The molecule has 66 heavy (non-hydrogen) atoms. The summed E-state index contributed by atoms with van der Waals surface area (Å²) in [5, 5.41) is 14.8. The molecule has 0 aliphatic rings. The Bertz CT molecular complexity index is 2390. The van der Waals surface area contributed by atoms with Crippen LogP contribution in [-0.2, 0) is 42.5 Å². The fraction of sp³-hybridized carbons (Fsp3) is 0.218. The summed E-state index contributed by atoms with van der Waals surface area (Å²) in [5.41, 5.74) is 3.65. The van der Waals surface area contributed by atoms with Gasteiger partial charge in [-0.2, -0.15) is 0 Å². The van der Waals surface area contributed by atoms with Gasteiger partial charge in [-0.3, -0.25) is 19.2 Å². The first-order valence-corrected chi connectivity index (χ1v) is 22.2. The Kier molecular flexibility index (Phi) is 17.6. The van der Waals surface area contributed by atoms with Crippen LogP contribution in [0.15, 0.2) is 194 Å². The highest BCUT2D eigenvalue weighted by molar-refractivity contribution is 5.99. The molecular formula is C55H57N5O6. The minimum atomic E-state index is -1.11. The van der Waals surface area contributed by atoms with Crippen molar-refractivity contribution in [1.29, 1.82) is 0 Å². The first-order valence-electron chi connectivity index (χ1n) is 22.2. The van der Waals surface area contributed by atoms with Gasteiger partial charge in [0, 0.05) is 30.6 Å². The molecule has 6 rings (SSSR count). The maximum Gasteiger partial charge on any atom is 0.408 e. The molecule has 0 spiro atoms. The lowest BCUT2D eigenvalue weighted by Crippen LogP contribution is -2.55. The van der Waals surface area contributed by atoms with Crippen molar-refractivity contribution in [3.63, 3.8) is 0 Å². The monoisotopic (exact) mass is 883 g/mol. The molecule has 11 nitrogen and oxygen atoms in total. The van der Waals surface area contributed by atoms with Gasteiger partial charge in [-0.15, -0.1) is 0 Å². The summed E-state index contributed by atoms with van der Waals surface area (Å²) >= 11 is 0. The number of para-hydroxylation sites is 1. The number of carbonyl (C=O) groups is 5. The molecule has 6 aromatic rings. The SMILES string of the molecule is CC(C)C[C@H](NC(=O)OCc1ccccc1)C(=O)N[C@@H](Cc1ccccc1)C(=O)N[C@H](/C=C/C(=O)Nc1ccccc1)CCC(=O)NC(c1ccccc1)(c1ccccc1)c1ccccc1. The number of hydrogen-bond acceptors (Lipinski definition) is 6. The van der Waals surface area contributed by atoms with E-state index in [9.17, 15) is 24.0 Å². The van der Waals surface area contributed by atoms with Gasteiger partial charge in [0.05, 0.1) is 0 Å². The third-order valence-corrected chi connectivity index (χ3v) is 10.9. The van der Waals surface area contributed by atoms with Crippen LogP contribution in [0.2, 0.25) is 0 Å². The fourth-order valence-electron chi connectivity index (χ4n) is 7.69. The average Bonchev–Trinajstić information content (AvgIpc) is 3.34. The second kappa shape index (κ2) is 24.3. The third kappa shape index (κ3) is 14.1. The van der Waals surface area contributed by atoms with Crippen LogP contribution >= 0.6 is 0 Å². The number of rotatable bonds is 21. The van der Waals surface area contributed by atoms with Gasteiger partial charge in [-0.25, -0.2) is 4.79 Å². The normalized spacial score (nSPS) is 12.6. The Morgan fingerprint density at radius 2 is 1.03 bits per heavy atom. The van der Waals surface area contributed by atoms with Crippen molar-refractivity contribution in [3.8, 4) is 0 Å². The lowest BCUT2D eigenvalue weighted by Gasteiger charge is -2.37. The lowest BCUT2D eigenvalue weighted by molar-refractivity contribution is -0.130. The molecule has 0 aliphatic carbocycles. The number of hydrogen-bond donors (Lipinski definition) is 5. The Morgan fingerprint density at radius 1 is 0.561 bits per heavy atom. The number of amides is 5. The molecule has 11 heteroatoms. The molecule has 0 unspecified atom stereocenters. The van der Waals surface area contributed by atoms with E-state index in [-0.39, 0.29) is 44.1 Å². The number of nitrogens with one attached hydrogen (secondary N) is 5. The van der Waals surface area contributed by atoms with Crippen LogP contribution in [0.25, 0.3) is 0 Å². The van der Waals surface area contributed by atoms with Crippen LogP contribution in [-0.4, -0.2) is 47.8 Å². The van der Waals surface area contributed by atoms with Gasteiger partial charge in [0.15, 0.2) is 0 Å². The molecule has 0 bridgehead atoms. The third-order valence-electron chi connectivity index (χ3n) is 10.9. The summed E-state index contributed by atoms with van der Waals surface area (Å²) in [4.78, 5) is 69.2. The van der Waals surface area contributed by atoms with E-state index in [1.165, 1.54) is 6.08 Å². The van der Waals surface area contributed by atoms with E-state index in [0.29, 0.717) is 5.69 Å². The molecule has 0 heterocycles. The van der Waals surface area contributed by atoms with Crippen LogP contribution in [0.4, 0.5) is 10.5 Å². The van der Waals surface area contributed by atoms with E-state index in [0.717, 1.165) is 27.8 Å². The molecule has 0 saturated carbocycles. The predicted octanol–water partition coefficient (Wildman–Crippen LogP) is 8.62. The zero-order valence-corrected chi connectivity index (χ0v) is 37.3. The zero-order chi connectivity index (χ0) is 46.6. The topological polar surface area (TPSA) is 155 Å². The molecule has 3 atom stereocenters. The van der Waals surface area contributed by atoms with Crippen molar-refractivity contribution in [2.45, 2.75) is 69.8 Å². The summed E-state index contributed by atoms with van der Waals surface area (Å²) < 4.78 is 5.44. The van der Waals surface area contributed by atoms with Gasteiger partial charge < -0.3 is 31.3 Å². The summed E-state index contributed by atoms with van der Waals surface area (Å²) in [5.74, 6) is -1.85. The molecule has 6 aromatic carbocycles. The van der Waals surface area contributed by atoms with E-state index < -0.39 is 47.5 Å². The van der Waals surface area contributed by atoms with Gasteiger partial charge in [0.25, 0.3) is 0 Å². The van der Waals surface area contributed by atoms with E-state index in [1.54, 1.807) is 30.3 Å². The minimum absolute atomic E-state index is 0.00341. The standard InChI is InChI=1S/C55H57N5O6/c1-40(2)37-48(59-54(65)66-39-42-23-11-4-12-24-42)53(64)58-49(38-41-21-9-3-10-22-41)52(63)57-47(33-35-50(61)56-46-31-19-8-20-32-46)34-36-51(62)60-55(43-25-13-5-14-26-43,44-27-15-6-16-28-44)45-29-17-7-18-30-45/h3-33,35,40,47-49H,34,36-39H2,1-2H3,(H,56,61)(H,57,63)(H,58,64)(H,59,65)(H,60,62)/b35-33+/t47-,48+,49+/m1/s1. The van der Waals surface area contributed by atoms with Crippen molar-refractivity contribution in [3.05, 3.63) is 222 Å². The van der Waals surface area contributed by atoms with Crippen LogP contribution in [0, 0.1) is 5.92 Å². The van der Waals surface area contributed by atoms with E-state index in [1.807, 2.05) is 172 Å². The number of ether oxygens (including phenoxy) is 1. The molecular weight excluding hydrogens is 827 g/mol. The van der Waals surface area contributed by atoms with Crippen molar-refractivity contribution >= 4 is 35.4 Å². The smallest absolute Gasteiger partial charge is 0.408 e. The maximum atomic E-state index is 14.5. The number of carbonyl (C=O) groups excluding carboxylic acids is 5. The lowest BCUT2D eigenvalue weighted by atomic mass is 9.77. The second-order valence-corrected chi connectivity index (χ2v) is 16.4. The van der Waals surface area contributed by atoms with Crippen molar-refractivity contribution in [1.82, 2.24) is 21.3 Å². The minimum Gasteiger partial charge on any atom is -0.445 e. The molecule has 5 amide bonds. The molecule has 0 fully saturated rings. The van der Waals surface area contributed by atoms with Gasteiger partial charge in [-0.1, -0.05) is 190 Å². The molecule has 5 N–H and O–H groups in total. The summed E-state index contributed by atoms with van der Waals surface area (Å²) in [6, 6.07) is 53.7. The quantitative estimate of drug-likeness (QED) is 0.0360.